The Bertz CT molecular complexity index is 1130. The summed E-state index contributed by atoms with van der Waals surface area (Å²) in [5.41, 5.74) is 3.06. The Kier molecular flexibility index (Phi) is 3.94. The first-order valence-corrected chi connectivity index (χ1v) is 9.62. The first-order valence-electron chi connectivity index (χ1n) is 8.89. The number of amides is 1. The summed E-state index contributed by atoms with van der Waals surface area (Å²) in [6.07, 6.45) is 1.60. The van der Waals surface area contributed by atoms with Crippen molar-refractivity contribution < 1.29 is 4.79 Å². The van der Waals surface area contributed by atoms with Crippen molar-refractivity contribution in [3.8, 4) is 0 Å². The Morgan fingerprint density at radius 2 is 1.74 bits per heavy atom. The summed E-state index contributed by atoms with van der Waals surface area (Å²) in [6, 6.07) is 16.7. The third-order valence-electron chi connectivity index (χ3n) is 5.03. The van der Waals surface area contributed by atoms with Crippen LogP contribution < -0.4 is 4.90 Å². The molecule has 3 heterocycles. The van der Waals surface area contributed by atoms with Gasteiger partial charge in [0.2, 0.25) is 0 Å². The third kappa shape index (κ3) is 3.00. The average Bonchev–Trinajstić information content (AvgIpc) is 3.21. The number of rotatable bonds is 2. The highest BCUT2D eigenvalue weighted by Crippen LogP contribution is 2.23. The van der Waals surface area contributed by atoms with Gasteiger partial charge in [0.15, 0.2) is 5.65 Å². The van der Waals surface area contributed by atoms with Gasteiger partial charge in [-0.3, -0.25) is 4.79 Å². The van der Waals surface area contributed by atoms with E-state index in [0.29, 0.717) is 29.8 Å². The fourth-order valence-electron chi connectivity index (χ4n) is 3.53. The lowest BCUT2D eigenvalue weighted by atomic mass is 10.1. The Morgan fingerprint density at radius 3 is 2.59 bits per heavy atom. The molecule has 0 unspecified atom stereocenters. The molecule has 1 aliphatic heterocycles. The van der Waals surface area contributed by atoms with Crippen molar-refractivity contribution in [1.82, 2.24) is 18.6 Å². The minimum absolute atomic E-state index is 0.00978. The van der Waals surface area contributed by atoms with Crippen LogP contribution in [0, 0.1) is 0 Å². The van der Waals surface area contributed by atoms with Crippen molar-refractivity contribution >= 4 is 45.3 Å². The molecule has 6 nitrogen and oxygen atoms in total. The normalized spacial score (nSPS) is 14.8. The predicted molar refractivity (Wildman–Crippen MR) is 107 cm³/mol. The topological polar surface area (TPSA) is 62.2 Å². The van der Waals surface area contributed by atoms with E-state index < -0.39 is 0 Å². The Morgan fingerprint density at radius 1 is 0.926 bits per heavy atom. The van der Waals surface area contributed by atoms with E-state index in [2.05, 4.69) is 61.1 Å². The molecule has 0 atom stereocenters. The lowest BCUT2D eigenvalue weighted by Gasteiger charge is -2.36. The van der Waals surface area contributed by atoms with Crippen molar-refractivity contribution in [2.24, 2.45) is 0 Å². The van der Waals surface area contributed by atoms with E-state index in [0.717, 1.165) is 24.8 Å². The molecule has 1 fully saturated rings. The number of pyridine rings is 1. The van der Waals surface area contributed by atoms with Gasteiger partial charge in [-0.05, 0) is 29.0 Å². The van der Waals surface area contributed by atoms with Crippen LogP contribution in [0.2, 0.25) is 0 Å². The highest BCUT2D eigenvalue weighted by atomic mass is 32.1. The highest BCUT2D eigenvalue weighted by Gasteiger charge is 2.23. The largest absolute Gasteiger partial charge is 0.368 e. The number of aromatic nitrogens is 3. The van der Waals surface area contributed by atoms with Crippen LogP contribution in [-0.2, 0) is 0 Å². The summed E-state index contributed by atoms with van der Waals surface area (Å²) in [4.78, 5) is 21.3. The van der Waals surface area contributed by atoms with Crippen molar-refractivity contribution in [2.45, 2.75) is 0 Å². The predicted octanol–water partition coefficient (Wildman–Crippen LogP) is 3.20. The number of nitrogens with zero attached hydrogens (tertiary/aromatic N) is 5. The zero-order valence-electron chi connectivity index (χ0n) is 14.6. The van der Waals surface area contributed by atoms with Crippen molar-refractivity contribution in [3.05, 3.63) is 60.3 Å². The number of piperazine rings is 1. The van der Waals surface area contributed by atoms with Gasteiger partial charge in [-0.15, -0.1) is 0 Å². The summed E-state index contributed by atoms with van der Waals surface area (Å²) in [7, 11) is 0. The van der Waals surface area contributed by atoms with Crippen molar-refractivity contribution in [1.29, 1.82) is 0 Å². The number of fused-ring (bicyclic) bond motifs is 2. The lowest BCUT2D eigenvalue weighted by Crippen LogP contribution is -2.48. The van der Waals surface area contributed by atoms with Crippen LogP contribution in [0.1, 0.15) is 10.4 Å². The van der Waals surface area contributed by atoms with E-state index in [1.165, 1.54) is 16.5 Å². The summed E-state index contributed by atoms with van der Waals surface area (Å²) in [6.45, 7) is 3.02. The molecule has 0 bridgehead atoms. The van der Waals surface area contributed by atoms with E-state index in [4.69, 9.17) is 0 Å². The van der Waals surface area contributed by atoms with Gasteiger partial charge in [0, 0.05) is 38.1 Å². The number of carbonyl (C=O) groups excluding carboxylic acids is 1. The summed E-state index contributed by atoms with van der Waals surface area (Å²) in [5.74, 6) is 0.00978. The standard InChI is InChI=1S/C20H17N5OS/c26-20(16-12-18-19(21-13-16)23-27-22-18)25-9-7-24(8-10-25)17-6-5-14-3-1-2-4-15(14)11-17/h1-6,11-13H,7-10H2. The number of hydrogen-bond donors (Lipinski definition) is 0. The van der Waals surface area contributed by atoms with E-state index >= 15 is 0 Å². The number of benzene rings is 2. The fraction of sp³-hybridized carbons (Fsp3) is 0.200. The second-order valence-electron chi connectivity index (χ2n) is 6.64. The van der Waals surface area contributed by atoms with Crippen LogP contribution in [0.3, 0.4) is 0 Å². The van der Waals surface area contributed by atoms with Crippen LogP contribution >= 0.6 is 11.7 Å². The smallest absolute Gasteiger partial charge is 0.255 e. The molecule has 134 valence electrons. The molecule has 2 aromatic heterocycles. The third-order valence-corrected chi connectivity index (χ3v) is 5.56. The van der Waals surface area contributed by atoms with Gasteiger partial charge in [0.25, 0.3) is 5.91 Å². The molecule has 27 heavy (non-hydrogen) atoms. The minimum Gasteiger partial charge on any atom is -0.368 e. The molecule has 2 aromatic carbocycles. The van der Waals surface area contributed by atoms with Crippen LogP contribution in [0.5, 0.6) is 0 Å². The SMILES string of the molecule is O=C(c1cnc2nsnc2c1)N1CCN(c2ccc3ccccc3c2)CC1. The Labute approximate surface area is 160 Å². The molecular formula is C20H17N5OS. The summed E-state index contributed by atoms with van der Waals surface area (Å²) < 4.78 is 8.26. The van der Waals surface area contributed by atoms with E-state index in [9.17, 15) is 4.79 Å². The van der Waals surface area contributed by atoms with Crippen LogP contribution in [0.15, 0.2) is 54.7 Å². The summed E-state index contributed by atoms with van der Waals surface area (Å²) >= 11 is 1.11. The van der Waals surface area contributed by atoms with Gasteiger partial charge in [-0.1, -0.05) is 30.3 Å². The Hall–Kier alpha value is -3.06. The number of carbonyl (C=O) groups is 1. The number of anilines is 1. The lowest BCUT2D eigenvalue weighted by molar-refractivity contribution is 0.0746. The van der Waals surface area contributed by atoms with Crippen molar-refractivity contribution in [3.63, 3.8) is 0 Å². The van der Waals surface area contributed by atoms with E-state index in [1.807, 2.05) is 4.90 Å². The molecular weight excluding hydrogens is 358 g/mol. The molecule has 1 amide bonds. The zero-order chi connectivity index (χ0) is 18.2. The van der Waals surface area contributed by atoms with Gasteiger partial charge in [-0.25, -0.2) is 4.98 Å². The van der Waals surface area contributed by atoms with Gasteiger partial charge in [0.1, 0.15) is 5.52 Å². The van der Waals surface area contributed by atoms with Crippen LogP contribution in [0.25, 0.3) is 21.9 Å². The van der Waals surface area contributed by atoms with Gasteiger partial charge in [-0.2, -0.15) is 8.75 Å². The molecule has 0 aliphatic carbocycles. The van der Waals surface area contributed by atoms with Gasteiger partial charge >= 0.3 is 0 Å². The maximum absolute atomic E-state index is 12.8. The first-order chi connectivity index (χ1) is 13.3. The Balaban J connectivity index is 1.30. The number of hydrogen-bond acceptors (Lipinski definition) is 6. The van der Waals surface area contributed by atoms with Gasteiger partial charge in [0.05, 0.1) is 17.3 Å². The van der Waals surface area contributed by atoms with Crippen LogP contribution in [-0.4, -0.2) is 50.7 Å². The highest BCUT2D eigenvalue weighted by molar-refractivity contribution is 7.00. The molecule has 5 rings (SSSR count). The zero-order valence-corrected chi connectivity index (χ0v) is 15.4. The van der Waals surface area contributed by atoms with Crippen LogP contribution in [0.4, 0.5) is 5.69 Å². The molecule has 0 N–H and O–H groups in total. The maximum atomic E-state index is 12.8. The molecule has 0 spiro atoms. The average molecular weight is 375 g/mol. The molecule has 4 aromatic rings. The molecule has 7 heteroatoms. The minimum atomic E-state index is 0.00978. The second-order valence-corrected chi connectivity index (χ2v) is 7.17. The van der Waals surface area contributed by atoms with Crippen molar-refractivity contribution in [2.75, 3.05) is 31.1 Å². The monoisotopic (exact) mass is 375 g/mol. The molecule has 0 radical (unpaired) electrons. The van der Waals surface area contributed by atoms with Gasteiger partial charge < -0.3 is 9.80 Å². The first kappa shape index (κ1) is 16.1. The fourth-order valence-corrected chi connectivity index (χ4v) is 4.01. The summed E-state index contributed by atoms with van der Waals surface area (Å²) in [5, 5.41) is 2.49. The van der Waals surface area contributed by atoms with E-state index in [-0.39, 0.29) is 5.91 Å². The van der Waals surface area contributed by atoms with E-state index in [1.54, 1.807) is 12.3 Å². The quantitative estimate of drug-likeness (QED) is 0.538. The molecule has 1 saturated heterocycles. The second kappa shape index (κ2) is 6.59. The molecule has 0 saturated carbocycles. The maximum Gasteiger partial charge on any atom is 0.255 e. The molecule has 1 aliphatic rings.